The fourth-order valence-corrected chi connectivity index (χ4v) is 2.12. The molecule has 0 aliphatic carbocycles. The predicted octanol–water partition coefficient (Wildman–Crippen LogP) is 0.790. The van der Waals surface area contributed by atoms with Gasteiger partial charge in [-0.15, -0.1) is 0 Å². The van der Waals surface area contributed by atoms with Gasteiger partial charge in [-0.1, -0.05) is 18.2 Å². The topological polar surface area (TPSA) is 102 Å². The molecule has 6 nitrogen and oxygen atoms in total. The summed E-state index contributed by atoms with van der Waals surface area (Å²) in [5, 5.41) is 0.292. The van der Waals surface area contributed by atoms with Crippen molar-refractivity contribution >= 4 is 27.0 Å². The van der Waals surface area contributed by atoms with Crippen molar-refractivity contribution in [2.75, 3.05) is 0 Å². The SMILES string of the molecule is NC(=O)NS(=O)(=O)c1cc2ccccc2o1. The number of para-hydroxylation sites is 1. The summed E-state index contributed by atoms with van der Waals surface area (Å²) in [6.45, 7) is 0. The third-order valence-corrected chi connectivity index (χ3v) is 3.10. The summed E-state index contributed by atoms with van der Waals surface area (Å²) in [7, 11) is -4.01. The van der Waals surface area contributed by atoms with E-state index in [1.807, 2.05) is 0 Å². The first-order chi connectivity index (χ1) is 7.49. The lowest BCUT2D eigenvalue weighted by atomic mass is 10.3. The standard InChI is InChI=1S/C9H8N2O4S/c10-9(12)11-16(13,14)8-5-6-3-1-2-4-7(6)15-8/h1-5H,(H3,10,11,12). The second-order valence-corrected chi connectivity index (χ2v) is 4.69. The average molecular weight is 240 g/mol. The van der Waals surface area contributed by atoms with Crippen molar-refractivity contribution < 1.29 is 17.6 Å². The smallest absolute Gasteiger partial charge is 0.326 e. The summed E-state index contributed by atoms with van der Waals surface area (Å²) < 4.78 is 29.7. The molecule has 0 saturated carbocycles. The molecule has 2 amide bonds. The van der Waals surface area contributed by atoms with Gasteiger partial charge in [-0.25, -0.2) is 9.52 Å². The van der Waals surface area contributed by atoms with Crippen molar-refractivity contribution in [3.8, 4) is 0 Å². The van der Waals surface area contributed by atoms with E-state index in [0.717, 1.165) is 0 Å². The molecule has 16 heavy (non-hydrogen) atoms. The van der Waals surface area contributed by atoms with Crippen molar-refractivity contribution in [3.05, 3.63) is 30.3 Å². The molecule has 7 heteroatoms. The molecule has 0 bridgehead atoms. The van der Waals surface area contributed by atoms with Gasteiger partial charge in [0.25, 0.3) is 10.0 Å². The molecule has 0 aliphatic heterocycles. The van der Waals surface area contributed by atoms with Gasteiger partial charge in [0.15, 0.2) is 0 Å². The van der Waals surface area contributed by atoms with E-state index in [4.69, 9.17) is 10.2 Å². The van der Waals surface area contributed by atoms with Gasteiger partial charge in [0, 0.05) is 11.5 Å². The molecule has 0 saturated heterocycles. The number of furan rings is 1. The Bertz CT molecular complexity index is 611. The van der Waals surface area contributed by atoms with Crippen LogP contribution in [-0.2, 0) is 10.0 Å². The Morgan fingerprint density at radius 2 is 2.00 bits per heavy atom. The summed E-state index contributed by atoms with van der Waals surface area (Å²) in [6, 6.07) is 6.95. The van der Waals surface area contributed by atoms with Crippen LogP contribution in [0.5, 0.6) is 0 Å². The largest absolute Gasteiger partial charge is 0.443 e. The van der Waals surface area contributed by atoms with Gasteiger partial charge in [-0.3, -0.25) is 0 Å². The van der Waals surface area contributed by atoms with Crippen molar-refractivity contribution in [3.63, 3.8) is 0 Å². The van der Waals surface area contributed by atoms with Crippen molar-refractivity contribution in [2.24, 2.45) is 5.73 Å². The molecule has 1 heterocycles. The zero-order chi connectivity index (χ0) is 11.8. The number of fused-ring (bicyclic) bond motifs is 1. The van der Waals surface area contributed by atoms with E-state index in [1.54, 1.807) is 29.0 Å². The first-order valence-corrected chi connectivity index (χ1v) is 5.78. The number of nitrogens with one attached hydrogen (secondary N) is 1. The van der Waals surface area contributed by atoms with Crippen LogP contribution in [0.1, 0.15) is 0 Å². The third kappa shape index (κ3) is 1.84. The molecule has 2 rings (SSSR count). The van der Waals surface area contributed by atoms with Crippen LogP contribution in [0.3, 0.4) is 0 Å². The molecule has 2 aromatic rings. The summed E-state index contributed by atoms with van der Waals surface area (Å²) in [6.07, 6.45) is 0. The van der Waals surface area contributed by atoms with E-state index in [-0.39, 0.29) is 5.09 Å². The zero-order valence-electron chi connectivity index (χ0n) is 8.01. The lowest BCUT2D eigenvalue weighted by Crippen LogP contribution is -2.34. The molecule has 1 aromatic carbocycles. The highest BCUT2D eigenvalue weighted by molar-refractivity contribution is 7.89. The minimum absolute atomic E-state index is 0.340. The molecule has 84 valence electrons. The van der Waals surface area contributed by atoms with Gasteiger partial charge < -0.3 is 10.2 Å². The van der Waals surface area contributed by atoms with Crippen LogP contribution in [0.25, 0.3) is 11.0 Å². The predicted molar refractivity (Wildman–Crippen MR) is 56.1 cm³/mol. The van der Waals surface area contributed by atoms with Crippen LogP contribution in [0.15, 0.2) is 39.8 Å². The number of benzene rings is 1. The molecule has 3 N–H and O–H groups in total. The van der Waals surface area contributed by atoms with Crippen molar-refractivity contribution in [2.45, 2.75) is 5.09 Å². The Balaban J connectivity index is 2.52. The highest BCUT2D eigenvalue weighted by atomic mass is 32.2. The number of primary amides is 1. The van der Waals surface area contributed by atoms with Crippen molar-refractivity contribution in [1.29, 1.82) is 0 Å². The van der Waals surface area contributed by atoms with Crippen LogP contribution >= 0.6 is 0 Å². The molecule has 0 spiro atoms. The summed E-state index contributed by atoms with van der Waals surface area (Å²) in [4.78, 5) is 10.5. The lowest BCUT2D eigenvalue weighted by Gasteiger charge is -1.98. The van der Waals surface area contributed by atoms with Crippen LogP contribution in [0, 0.1) is 0 Å². The van der Waals surface area contributed by atoms with Gasteiger partial charge in [-0.2, -0.15) is 8.42 Å². The van der Waals surface area contributed by atoms with Crippen LogP contribution in [-0.4, -0.2) is 14.4 Å². The average Bonchev–Trinajstić information content (AvgIpc) is 2.59. The zero-order valence-corrected chi connectivity index (χ0v) is 8.82. The fraction of sp³-hybridized carbons (Fsp3) is 0. The first-order valence-electron chi connectivity index (χ1n) is 4.30. The molecule has 0 atom stereocenters. The van der Waals surface area contributed by atoms with Crippen LogP contribution < -0.4 is 10.5 Å². The summed E-state index contributed by atoms with van der Waals surface area (Å²) >= 11 is 0. The number of hydrogen-bond donors (Lipinski definition) is 2. The summed E-state index contributed by atoms with van der Waals surface area (Å²) in [5.74, 6) is 0. The monoisotopic (exact) mass is 240 g/mol. The number of urea groups is 1. The van der Waals surface area contributed by atoms with Gasteiger partial charge in [0.05, 0.1) is 0 Å². The minimum Gasteiger partial charge on any atom is -0.443 e. The second kappa shape index (κ2) is 3.53. The minimum atomic E-state index is -4.01. The molecule has 0 radical (unpaired) electrons. The lowest BCUT2D eigenvalue weighted by molar-refractivity contribution is 0.253. The maximum absolute atomic E-state index is 11.5. The number of carbonyl (C=O) groups excluding carboxylic acids is 1. The van der Waals surface area contributed by atoms with Gasteiger partial charge >= 0.3 is 6.03 Å². The maximum atomic E-state index is 11.5. The highest BCUT2D eigenvalue weighted by Gasteiger charge is 2.20. The van der Waals surface area contributed by atoms with E-state index >= 15 is 0 Å². The second-order valence-electron chi connectivity index (χ2n) is 3.07. The molecule has 1 aromatic heterocycles. The Morgan fingerprint density at radius 1 is 1.31 bits per heavy atom. The van der Waals surface area contributed by atoms with Gasteiger partial charge in [0.1, 0.15) is 5.58 Å². The molecular formula is C9H8N2O4S. The Hall–Kier alpha value is -2.02. The Labute approximate surface area is 91.1 Å². The number of carbonyl (C=O) groups is 1. The number of nitrogens with two attached hydrogens (primary N) is 1. The fourth-order valence-electron chi connectivity index (χ4n) is 1.27. The van der Waals surface area contributed by atoms with E-state index in [2.05, 4.69) is 0 Å². The number of amides is 2. The maximum Gasteiger partial charge on any atom is 0.326 e. The number of rotatable bonds is 2. The van der Waals surface area contributed by atoms with E-state index in [0.29, 0.717) is 11.0 Å². The van der Waals surface area contributed by atoms with Gasteiger partial charge in [-0.05, 0) is 6.07 Å². The summed E-state index contributed by atoms with van der Waals surface area (Å²) in [5.41, 5.74) is 5.16. The van der Waals surface area contributed by atoms with Crippen LogP contribution in [0.4, 0.5) is 4.79 Å². The Morgan fingerprint density at radius 3 is 2.62 bits per heavy atom. The van der Waals surface area contributed by atoms with E-state index in [9.17, 15) is 13.2 Å². The normalized spacial score (nSPS) is 11.5. The van der Waals surface area contributed by atoms with Crippen molar-refractivity contribution in [1.82, 2.24) is 4.72 Å². The Kier molecular flexibility index (Phi) is 2.31. The quantitative estimate of drug-likeness (QED) is 0.809. The highest BCUT2D eigenvalue weighted by Crippen LogP contribution is 2.21. The molecule has 0 fully saturated rings. The third-order valence-electron chi connectivity index (χ3n) is 1.90. The number of hydrogen-bond acceptors (Lipinski definition) is 4. The molecular weight excluding hydrogens is 232 g/mol. The molecule has 0 unspecified atom stereocenters. The van der Waals surface area contributed by atoms with Gasteiger partial charge in [0.2, 0.25) is 5.09 Å². The van der Waals surface area contributed by atoms with Crippen LogP contribution in [0.2, 0.25) is 0 Å². The number of sulfonamides is 1. The van der Waals surface area contributed by atoms with E-state index in [1.165, 1.54) is 6.07 Å². The first kappa shape index (κ1) is 10.5. The molecule has 0 aliphatic rings. The van der Waals surface area contributed by atoms with E-state index < -0.39 is 16.1 Å².